The van der Waals surface area contributed by atoms with Crippen molar-refractivity contribution in [3.8, 4) is 0 Å². The molecule has 1 saturated heterocycles. The van der Waals surface area contributed by atoms with Gasteiger partial charge in [0.15, 0.2) is 0 Å². The van der Waals surface area contributed by atoms with Crippen molar-refractivity contribution in [1.29, 1.82) is 0 Å². The number of hydrogen-bond acceptors (Lipinski definition) is 3. The van der Waals surface area contributed by atoms with Gasteiger partial charge in [-0.2, -0.15) is 5.10 Å². The van der Waals surface area contributed by atoms with Crippen LogP contribution in [0.4, 0.5) is 10.1 Å². The van der Waals surface area contributed by atoms with Crippen molar-refractivity contribution >= 4 is 35.4 Å². The van der Waals surface area contributed by atoms with Crippen molar-refractivity contribution in [3.63, 3.8) is 0 Å². The second-order valence-electron chi connectivity index (χ2n) is 4.12. The standard InChI is InChI=1S/C12H15ClFN3.ClH/c1-8-6-12(10(13)7-11(8)14)17-16-9-2-4-15-5-3-9;/h6-7,15,17H,2-5H2,1H3;1H. The first kappa shape index (κ1) is 15.2. The van der Waals surface area contributed by atoms with Crippen LogP contribution in [0.25, 0.3) is 0 Å². The van der Waals surface area contributed by atoms with Crippen molar-refractivity contribution in [2.75, 3.05) is 18.5 Å². The molecule has 1 aliphatic heterocycles. The zero-order valence-electron chi connectivity index (χ0n) is 10.1. The predicted molar refractivity (Wildman–Crippen MR) is 76.6 cm³/mol. The van der Waals surface area contributed by atoms with E-state index in [1.165, 1.54) is 6.07 Å². The van der Waals surface area contributed by atoms with Gasteiger partial charge in [0.2, 0.25) is 0 Å². The second kappa shape index (κ2) is 6.92. The lowest BCUT2D eigenvalue weighted by Crippen LogP contribution is -2.28. The molecule has 6 heteroatoms. The summed E-state index contributed by atoms with van der Waals surface area (Å²) in [7, 11) is 0. The van der Waals surface area contributed by atoms with E-state index < -0.39 is 0 Å². The second-order valence-corrected chi connectivity index (χ2v) is 4.53. The lowest BCUT2D eigenvalue weighted by atomic mass is 10.1. The van der Waals surface area contributed by atoms with E-state index >= 15 is 0 Å². The number of hydrazone groups is 1. The number of rotatable bonds is 2. The molecule has 1 aromatic carbocycles. The smallest absolute Gasteiger partial charge is 0.127 e. The number of nitrogens with zero attached hydrogens (tertiary/aromatic N) is 1. The lowest BCUT2D eigenvalue weighted by Gasteiger charge is -2.14. The Morgan fingerprint density at radius 2 is 2.00 bits per heavy atom. The minimum Gasteiger partial charge on any atom is -0.316 e. The van der Waals surface area contributed by atoms with Crippen LogP contribution in [0.2, 0.25) is 5.02 Å². The third-order valence-corrected chi connectivity index (χ3v) is 3.08. The van der Waals surface area contributed by atoms with E-state index in [0.29, 0.717) is 16.3 Å². The van der Waals surface area contributed by atoms with Crippen LogP contribution in [0.1, 0.15) is 18.4 Å². The molecule has 2 rings (SSSR count). The van der Waals surface area contributed by atoms with Crippen molar-refractivity contribution in [1.82, 2.24) is 5.32 Å². The van der Waals surface area contributed by atoms with E-state index in [1.807, 2.05) is 0 Å². The summed E-state index contributed by atoms with van der Waals surface area (Å²) in [4.78, 5) is 0. The summed E-state index contributed by atoms with van der Waals surface area (Å²) in [6.45, 7) is 3.61. The molecule has 1 heterocycles. The minimum absolute atomic E-state index is 0. The predicted octanol–water partition coefficient (Wildman–Crippen LogP) is 3.36. The molecule has 1 aliphatic rings. The Balaban J connectivity index is 0.00000162. The first-order chi connectivity index (χ1) is 8.16. The van der Waals surface area contributed by atoms with Crippen LogP contribution in [-0.4, -0.2) is 18.8 Å². The molecule has 0 bridgehead atoms. The molecule has 3 nitrogen and oxygen atoms in total. The van der Waals surface area contributed by atoms with Crippen molar-refractivity contribution in [2.24, 2.45) is 5.10 Å². The Kier molecular flexibility index (Phi) is 5.85. The first-order valence-electron chi connectivity index (χ1n) is 5.64. The third-order valence-electron chi connectivity index (χ3n) is 2.76. The monoisotopic (exact) mass is 291 g/mol. The molecule has 0 aromatic heterocycles. The van der Waals surface area contributed by atoms with Crippen LogP contribution in [0.15, 0.2) is 17.2 Å². The highest BCUT2D eigenvalue weighted by Gasteiger charge is 2.08. The molecule has 0 saturated carbocycles. The third kappa shape index (κ3) is 3.83. The summed E-state index contributed by atoms with van der Waals surface area (Å²) in [6, 6.07) is 2.98. The normalized spacial score (nSPS) is 14.9. The molecule has 0 spiro atoms. The number of anilines is 1. The Hall–Kier alpha value is -0.840. The van der Waals surface area contributed by atoms with Crippen LogP contribution in [0, 0.1) is 12.7 Å². The van der Waals surface area contributed by atoms with Crippen molar-refractivity contribution in [3.05, 3.63) is 28.5 Å². The number of aryl methyl sites for hydroxylation is 1. The summed E-state index contributed by atoms with van der Waals surface area (Å²) in [5.74, 6) is -0.296. The van der Waals surface area contributed by atoms with E-state index in [1.54, 1.807) is 13.0 Å². The van der Waals surface area contributed by atoms with Crippen molar-refractivity contribution < 1.29 is 4.39 Å². The highest BCUT2D eigenvalue weighted by Crippen LogP contribution is 2.25. The van der Waals surface area contributed by atoms with Crippen LogP contribution in [-0.2, 0) is 0 Å². The van der Waals surface area contributed by atoms with Crippen LogP contribution >= 0.6 is 24.0 Å². The Morgan fingerprint density at radius 1 is 1.33 bits per heavy atom. The Morgan fingerprint density at radius 3 is 2.67 bits per heavy atom. The summed E-state index contributed by atoms with van der Waals surface area (Å²) in [5.41, 5.74) is 5.23. The molecule has 18 heavy (non-hydrogen) atoms. The lowest BCUT2D eigenvalue weighted by molar-refractivity contribution is 0.619. The van der Waals surface area contributed by atoms with Crippen molar-refractivity contribution in [2.45, 2.75) is 19.8 Å². The average molecular weight is 292 g/mol. The quantitative estimate of drug-likeness (QED) is 0.820. The van der Waals surface area contributed by atoms with Crippen LogP contribution < -0.4 is 10.7 Å². The zero-order chi connectivity index (χ0) is 12.3. The first-order valence-corrected chi connectivity index (χ1v) is 6.02. The summed E-state index contributed by atoms with van der Waals surface area (Å²) in [5, 5.41) is 7.91. The molecule has 1 aromatic rings. The average Bonchev–Trinajstić information content (AvgIpc) is 2.33. The fourth-order valence-corrected chi connectivity index (χ4v) is 1.90. The van der Waals surface area contributed by atoms with E-state index in [0.717, 1.165) is 31.6 Å². The molecule has 2 N–H and O–H groups in total. The van der Waals surface area contributed by atoms with Gasteiger partial charge in [-0.3, -0.25) is 5.43 Å². The van der Waals surface area contributed by atoms with Gasteiger partial charge < -0.3 is 5.32 Å². The molecule has 0 radical (unpaired) electrons. The van der Waals surface area contributed by atoms with E-state index in [9.17, 15) is 4.39 Å². The van der Waals surface area contributed by atoms with Gasteiger partial charge in [0.1, 0.15) is 5.82 Å². The zero-order valence-corrected chi connectivity index (χ0v) is 11.7. The molecule has 0 aliphatic carbocycles. The number of hydrogen-bond donors (Lipinski definition) is 2. The number of benzene rings is 1. The van der Waals surface area contributed by atoms with Crippen LogP contribution in [0.5, 0.6) is 0 Å². The molecule has 0 unspecified atom stereocenters. The molecular weight excluding hydrogens is 276 g/mol. The Bertz CT molecular complexity index is 441. The maximum Gasteiger partial charge on any atom is 0.127 e. The summed E-state index contributed by atoms with van der Waals surface area (Å²) < 4.78 is 13.2. The van der Waals surface area contributed by atoms with E-state index in [2.05, 4.69) is 15.8 Å². The molecule has 1 fully saturated rings. The van der Waals surface area contributed by atoms with Gasteiger partial charge in [-0.15, -0.1) is 12.4 Å². The number of piperidine rings is 1. The maximum atomic E-state index is 13.2. The summed E-state index contributed by atoms with van der Waals surface area (Å²) in [6.07, 6.45) is 1.87. The van der Waals surface area contributed by atoms with Gasteiger partial charge in [-0.1, -0.05) is 11.6 Å². The van der Waals surface area contributed by atoms with Crippen LogP contribution in [0.3, 0.4) is 0 Å². The maximum absolute atomic E-state index is 13.2. The van der Waals surface area contributed by atoms with E-state index in [4.69, 9.17) is 11.6 Å². The molecule has 100 valence electrons. The topological polar surface area (TPSA) is 36.4 Å². The fraction of sp³-hybridized carbons (Fsp3) is 0.417. The molecular formula is C12H16Cl2FN3. The number of halogens is 3. The molecule has 0 amide bonds. The fourth-order valence-electron chi connectivity index (χ4n) is 1.71. The highest BCUT2D eigenvalue weighted by atomic mass is 35.5. The van der Waals surface area contributed by atoms with Gasteiger partial charge in [0.25, 0.3) is 0 Å². The van der Waals surface area contributed by atoms with E-state index in [-0.39, 0.29) is 18.2 Å². The number of nitrogens with one attached hydrogen (secondary N) is 2. The SMILES string of the molecule is Cc1cc(NN=C2CCNCC2)c(Cl)cc1F.Cl. The Labute approximate surface area is 117 Å². The minimum atomic E-state index is -0.296. The van der Waals surface area contributed by atoms with Gasteiger partial charge in [0, 0.05) is 31.6 Å². The largest absolute Gasteiger partial charge is 0.316 e. The van der Waals surface area contributed by atoms with Gasteiger partial charge in [-0.25, -0.2) is 4.39 Å². The molecule has 0 atom stereocenters. The van der Waals surface area contributed by atoms with Gasteiger partial charge in [0.05, 0.1) is 10.7 Å². The van der Waals surface area contributed by atoms with Gasteiger partial charge in [-0.05, 0) is 24.6 Å². The summed E-state index contributed by atoms with van der Waals surface area (Å²) >= 11 is 5.94. The van der Waals surface area contributed by atoms with Gasteiger partial charge >= 0.3 is 0 Å². The highest BCUT2D eigenvalue weighted by molar-refractivity contribution is 6.33.